The van der Waals surface area contributed by atoms with Crippen molar-refractivity contribution in [2.24, 2.45) is 0 Å². The van der Waals surface area contributed by atoms with Gasteiger partial charge >= 0.3 is 6.18 Å². The number of hydrogen-bond acceptors (Lipinski definition) is 3. The monoisotopic (exact) mass is 347 g/mol. The molecule has 3 rings (SSSR count). The Hall–Kier alpha value is -2.83. The van der Waals surface area contributed by atoms with Crippen molar-refractivity contribution >= 4 is 17.3 Å². The molecule has 1 amide bonds. The molecular formula is C18H16F3N3O. The number of nitrogens with zero attached hydrogens (tertiary/aromatic N) is 2. The molecule has 0 saturated carbocycles. The van der Waals surface area contributed by atoms with Crippen LogP contribution in [0.15, 0.2) is 55.3 Å². The zero-order valence-corrected chi connectivity index (χ0v) is 13.3. The molecule has 1 aromatic heterocycles. The number of halogens is 3. The van der Waals surface area contributed by atoms with Crippen LogP contribution in [0.5, 0.6) is 0 Å². The number of fused-ring (bicyclic) bond motifs is 1. The van der Waals surface area contributed by atoms with Gasteiger partial charge in [-0.25, -0.2) is 0 Å². The summed E-state index contributed by atoms with van der Waals surface area (Å²) in [6.07, 6.45) is -0.981. The van der Waals surface area contributed by atoms with Gasteiger partial charge in [0, 0.05) is 24.8 Å². The van der Waals surface area contributed by atoms with Gasteiger partial charge in [-0.2, -0.15) is 13.2 Å². The van der Waals surface area contributed by atoms with Gasteiger partial charge in [0.15, 0.2) is 0 Å². The average molecular weight is 347 g/mol. The van der Waals surface area contributed by atoms with Crippen LogP contribution in [0.25, 0.3) is 0 Å². The van der Waals surface area contributed by atoms with Crippen molar-refractivity contribution in [3.63, 3.8) is 0 Å². The fourth-order valence-electron chi connectivity index (χ4n) is 2.88. The Labute approximate surface area is 143 Å². The molecule has 0 aliphatic carbocycles. The number of carbonyl (C=O) groups excluding carboxylic acids is 1. The summed E-state index contributed by atoms with van der Waals surface area (Å²) < 4.78 is 38.3. The highest BCUT2D eigenvalue weighted by Crippen LogP contribution is 2.35. The lowest BCUT2D eigenvalue weighted by Gasteiger charge is -2.35. The largest absolute Gasteiger partial charge is 0.416 e. The molecule has 1 aliphatic heterocycles. The van der Waals surface area contributed by atoms with Crippen LogP contribution in [0.4, 0.5) is 24.5 Å². The third-order valence-corrected chi connectivity index (χ3v) is 4.04. The maximum atomic E-state index is 12.8. The second kappa shape index (κ2) is 6.58. The van der Waals surface area contributed by atoms with Gasteiger partial charge in [0.1, 0.15) is 0 Å². The molecule has 0 fully saturated rings. The highest BCUT2D eigenvalue weighted by Gasteiger charge is 2.31. The van der Waals surface area contributed by atoms with Crippen molar-refractivity contribution in [1.82, 2.24) is 10.3 Å². The van der Waals surface area contributed by atoms with Crippen LogP contribution < -0.4 is 10.2 Å². The third-order valence-electron chi connectivity index (χ3n) is 4.04. The summed E-state index contributed by atoms with van der Waals surface area (Å²) in [4.78, 5) is 17.8. The number of anilines is 2. The summed E-state index contributed by atoms with van der Waals surface area (Å²) in [6, 6.07) is 8.39. The van der Waals surface area contributed by atoms with Gasteiger partial charge in [-0.05, 0) is 42.5 Å². The van der Waals surface area contributed by atoms with Gasteiger partial charge in [-0.3, -0.25) is 9.78 Å². The molecule has 2 aromatic rings. The first-order valence-electron chi connectivity index (χ1n) is 7.70. The van der Waals surface area contributed by atoms with E-state index in [0.29, 0.717) is 18.7 Å². The van der Waals surface area contributed by atoms with Crippen molar-refractivity contribution in [2.75, 3.05) is 11.4 Å². The topological polar surface area (TPSA) is 45.2 Å². The van der Waals surface area contributed by atoms with Crippen LogP contribution in [0.3, 0.4) is 0 Å². The highest BCUT2D eigenvalue weighted by molar-refractivity contribution is 5.87. The Morgan fingerprint density at radius 1 is 1.28 bits per heavy atom. The molecule has 7 heteroatoms. The second-order valence-electron chi connectivity index (χ2n) is 5.74. The maximum Gasteiger partial charge on any atom is 0.416 e. The molecule has 0 radical (unpaired) electrons. The highest BCUT2D eigenvalue weighted by atomic mass is 19.4. The Morgan fingerprint density at radius 3 is 2.64 bits per heavy atom. The molecule has 25 heavy (non-hydrogen) atoms. The molecule has 0 spiro atoms. The minimum absolute atomic E-state index is 0.213. The summed E-state index contributed by atoms with van der Waals surface area (Å²) in [5, 5.41) is 2.83. The van der Waals surface area contributed by atoms with Crippen molar-refractivity contribution in [2.45, 2.75) is 18.6 Å². The zero-order valence-electron chi connectivity index (χ0n) is 13.3. The standard InChI is InChI=1S/C18H16F3N3O/c1-2-17(25)23-13-10-15-16(4-3-9-22-15)24(11-13)14-7-5-12(6-8-14)18(19,20)21/h2-9,13H,1,10-11H2,(H,23,25). The van der Waals surface area contributed by atoms with Crippen LogP contribution in [-0.2, 0) is 17.4 Å². The number of carbonyl (C=O) groups is 1. The normalized spacial score (nSPS) is 16.9. The summed E-state index contributed by atoms with van der Waals surface area (Å²) in [6.45, 7) is 3.87. The zero-order chi connectivity index (χ0) is 18.0. The van der Waals surface area contributed by atoms with Crippen LogP contribution in [0, 0.1) is 0 Å². The predicted octanol–water partition coefficient (Wildman–Crippen LogP) is 3.47. The van der Waals surface area contributed by atoms with Crippen LogP contribution in [0.2, 0.25) is 0 Å². The Balaban J connectivity index is 1.93. The molecule has 1 unspecified atom stereocenters. The fourth-order valence-corrected chi connectivity index (χ4v) is 2.88. The molecule has 1 aliphatic rings. The van der Waals surface area contributed by atoms with Crippen LogP contribution in [0.1, 0.15) is 11.3 Å². The van der Waals surface area contributed by atoms with E-state index < -0.39 is 11.7 Å². The Kier molecular flexibility index (Phi) is 4.48. The number of benzene rings is 1. The van der Waals surface area contributed by atoms with Gasteiger partial charge in [-0.15, -0.1) is 0 Å². The van der Waals surface area contributed by atoms with Crippen LogP contribution >= 0.6 is 0 Å². The lowest BCUT2D eigenvalue weighted by molar-refractivity contribution is -0.137. The molecule has 4 nitrogen and oxygen atoms in total. The molecule has 0 saturated heterocycles. The number of nitrogens with one attached hydrogen (secondary N) is 1. The van der Waals surface area contributed by atoms with Crippen molar-refractivity contribution in [1.29, 1.82) is 0 Å². The quantitative estimate of drug-likeness (QED) is 0.865. The third kappa shape index (κ3) is 3.65. The van der Waals surface area contributed by atoms with E-state index in [0.717, 1.165) is 23.5 Å². The number of rotatable bonds is 3. The van der Waals surface area contributed by atoms with E-state index in [-0.39, 0.29) is 11.9 Å². The fraction of sp³-hybridized carbons (Fsp3) is 0.222. The van der Waals surface area contributed by atoms with Crippen molar-refractivity contribution in [3.8, 4) is 0 Å². The lowest BCUT2D eigenvalue weighted by Crippen LogP contribution is -2.46. The van der Waals surface area contributed by atoms with E-state index in [1.807, 2.05) is 11.0 Å². The summed E-state index contributed by atoms with van der Waals surface area (Å²) in [5.74, 6) is -0.295. The average Bonchev–Trinajstić information content (AvgIpc) is 2.60. The summed E-state index contributed by atoms with van der Waals surface area (Å²) in [7, 11) is 0. The van der Waals surface area contributed by atoms with Crippen LogP contribution in [-0.4, -0.2) is 23.5 Å². The summed E-state index contributed by atoms with van der Waals surface area (Å²) >= 11 is 0. The first-order valence-corrected chi connectivity index (χ1v) is 7.70. The van der Waals surface area contributed by atoms with E-state index in [2.05, 4.69) is 16.9 Å². The van der Waals surface area contributed by atoms with E-state index in [9.17, 15) is 18.0 Å². The van der Waals surface area contributed by atoms with Crippen molar-refractivity contribution in [3.05, 3.63) is 66.5 Å². The van der Waals surface area contributed by atoms with Gasteiger partial charge in [0.2, 0.25) is 5.91 Å². The lowest BCUT2D eigenvalue weighted by atomic mass is 10.0. The molecule has 1 N–H and O–H groups in total. The minimum atomic E-state index is -4.37. The maximum absolute atomic E-state index is 12.8. The van der Waals surface area contributed by atoms with Gasteiger partial charge in [-0.1, -0.05) is 6.58 Å². The number of pyridine rings is 1. The first-order chi connectivity index (χ1) is 11.9. The second-order valence-corrected chi connectivity index (χ2v) is 5.74. The minimum Gasteiger partial charge on any atom is -0.348 e. The Bertz CT molecular complexity index is 787. The van der Waals surface area contributed by atoms with E-state index in [1.165, 1.54) is 18.2 Å². The van der Waals surface area contributed by atoms with E-state index in [1.54, 1.807) is 12.3 Å². The smallest absolute Gasteiger partial charge is 0.348 e. The SMILES string of the molecule is C=CC(=O)NC1Cc2ncccc2N(c2ccc(C(F)(F)F)cc2)C1. The predicted molar refractivity (Wildman–Crippen MR) is 88.5 cm³/mol. The van der Waals surface area contributed by atoms with Gasteiger partial charge < -0.3 is 10.2 Å². The molecule has 1 atom stereocenters. The van der Waals surface area contributed by atoms with Gasteiger partial charge in [0.25, 0.3) is 0 Å². The number of amides is 1. The van der Waals surface area contributed by atoms with Crippen molar-refractivity contribution < 1.29 is 18.0 Å². The summed E-state index contributed by atoms with van der Waals surface area (Å²) in [5.41, 5.74) is 1.52. The molecule has 0 bridgehead atoms. The molecule has 1 aromatic carbocycles. The number of alkyl halides is 3. The van der Waals surface area contributed by atoms with E-state index >= 15 is 0 Å². The Morgan fingerprint density at radius 2 is 2.00 bits per heavy atom. The van der Waals surface area contributed by atoms with Gasteiger partial charge in [0.05, 0.1) is 23.0 Å². The number of aromatic nitrogens is 1. The molecular weight excluding hydrogens is 331 g/mol. The number of hydrogen-bond donors (Lipinski definition) is 1. The molecule has 130 valence electrons. The molecule has 2 heterocycles. The van der Waals surface area contributed by atoms with E-state index in [4.69, 9.17) is 0 Å². The first kappa shape index (κ1) is 17.0.